The summed E-state index contributed by atoms with van der Waals surface area (Å²) >= 11 is 0. The molecule has 1 heterocycles. The van der Waals surface area contributed by atoms with Crippen LogP contribution in [0.15, 0.2) is 12.4 Å². The highest BCUT2D eigenvalue weighted by molar-refractivity contribution is 5.36. The molecule has 0 unspecified atom stereocenters. The van der Waals surface area contributed by atoms with E-state index in [0.29, 0.717) is 19.1 Å². The third-order valence-electron chi connectivity index (χ3n) is 1.69. The molecule has 0 aliphatic heterocycles. The molecule has 15 heavy (non-hydrogen) atoms. The van der Waals surface area contributed by atoms with E-state index in [0.717, 1.165) is 19.0 Å². The molecule has 0 amide bonds. The van der Waals surface area contributed by atoms with E-state index in [9.17, 15) is 0 Å². The second-order valence-corrected chi connectivity index (χ2v) is 2.80. The van der Waals surface area contributed by atoms with Gasteiger partial charge in [-0.25, -0.2) is 9.97 Å². The monoisotopic (exact) mass is 211 g/mol. The first kappa shape index (κ1) is 11.7. The lowest BCUT2D eigenvalue weighted by Gasteiger charge is -2.06. The molecule has 0 aliphatic carbocycles. The van der Waals surface area contributed by atoms with Gasteiger partial charge in [-0.1, -0.05) is 0 Å². The first-order valence-corrected chi connectivity index (χ1v) is 5.13. The molecule has 0 fully saturated rings. The average Bonchev–Trinajstić information content (AvgIpc) is 2.26. The van der Waals surface area contributed by atoms with Gasteiger partial charge in [-0.3, -0.25) is 0 Å². The van der Waals surface area contributed by atoms with Crippen LogP contribution in [0.1, 0.15) is 13.8 Å². The molecule has 5 nitrogen and oxygen atoms in total. The number of nitrogens with one attached hydrogen (secondary N) is 1. The zero-order valence-corrected chi connectivity index (χ0v) is 9.19. The molecule has 1 rings (SSSR count). The summed E-state index contributed by atoms with van der Waals surface area (Å²) < 4.78 is 10.4. The fraction of sp³-hybridized carbons (Fsp3) is 0.600. The zero-order chi connectivity index (χ0) is 10.9. The standard InChI is InChI=1S/C10H17N3O2/c1-3-14-6-5-11-9-7-10(15-4-2)13-8-12-9/h7-8H,3-6H2,1-2H3,(H,11,12,13). The van der Waals surface area contributed by atoms with Crippen LogP contribution < -0.4 is 10.1 Å². The maximum Gasteiger partial charge on any atom is 0.218 e. The minimum Gasteiger partial charge on any atom is -0.478 e. The fourth-order valence-electron chi connectivity index (χ4n) is 1.06. The van der Waals surface area contributed by atoms with E-state index in [-0.39, 0.29) is 0 Å². The van der Waals surface area contributed by atoms with Gasteiger partial charge in [0.1, 0.15) is 12.1 Å². The van der Waals surface area contributed by atoms with E-state index < -0.39 is 0 Å². The van der Waals surface area contributed by atoms with Crippen molar-refractivity contribution >= 4 is 5.82 Å². The fourth-order valence-corrected chi connectivity index (χ4v) is 1.06. The van der Waals surface area contributed by atoms with Crippen molar-refractivity contribution in [3.8, 4) is 5.88 Å². The Labute approximate surface area is 89.8 Å². The number of rotatable bonds is 7. The lowest BCUT2D eigenvalue weighted by atomic mass is 10.5. The molecule has 0 bridgehead atoms. The minimum atomic E-state index is 0.589. The van der Waals surface area contributed by atoms with Crippen molar-refractivity contribution in [2.45, 2.75) is 13.8 Å². The Morgan fingerprint density at radius 1 is 1.27 bits per heavy atom. The highest BCUT2D eigenvalue weighted by Gasteiger charge is 1.97. The van der Waals surface area contributed by atoms with Crippen LogP contribution in [0.4, 0.5) is 5.82 Å². The first-order chi connectivity index (χ1) is 7.36. The van der Waals surface area contributed by atoms with Crippen molar-refractivity contribution in [3.63, 3.8) is 0 Å². The van der Waals surface area contributed by atoms with Crippen LogP contribution in [0.3, 0.4) is 0 Å². The van der Waals surface area contributed by atoms with Gasteiger partial charge in [0.05, 0.1) is 13.2 Å². The van der Waals surface area contributed by atoms with Crippen LogP contribution in [-0.4, -0.2) is 36.3 Å². The number of ether oxygens (including phenoxy) is 2. The van der Waals surface area contributed by atoms with Crippen molar-refractivity contribution in [3.05, 3.63) is 12.4 Å². The minimum absolute atomic E-state index is 0.589. The summed E-state index contributed by atoms with van der Waals surface area (Å²) in [6.45, 7) is 6.63. The maximum atomic E-state index is 5.25. The quantitative estimate of drug-likeness (QED) is 0.689. The number of aromatic nitrogens is 2. The van der Waals surface area contributed by atoms with Crippen LogP contribution in [-0.2, 0) is 4.74 Å². The molecule has 1 aromatic rings. The van der Waals surface area contributed by atoms with Gasteiger partial charge in [-0.05, 0) is 13.8 Å². The SMILES string of the molecule is CCOCCNc1cc(OCC)ncn1. The molecule has 0 atom stereocenters. The maximum absolute atomic E-state index is 5.25. The number of anilines is 1. The van der Waals surface area contributed by atoms with Crippen LogP contribution in [0.5, 0.6) is 5.88 Å². The second kappa shape index (κ2) is 7.00. The van der Waals surface area contributed by atoms with E-state index in [1.807, 2.05) is 13.8 Å². The van der Waals surface area contributed by atoms with Crippen LogP contribution >= 0.6 is 0 Å². The van der Waals surface area contributed by atoms with Crippen molar-refractivity contribution in [2.75, 3.05) is 31.7 Å². The van der Waals surface area contributed by atoms with Crippen molar-refractivity contribution < 1.29 is 9.47 Å². The highest BCUT2D eigenvalue weighted by atomic mass is 16.5. The van der Waals surface area contributed by atoms with Gasteiger partial charge < -0.3 is 14.8 Å². The molecule has 0 aliphatic rings. The first-order valence-electron chi connectivity index (χ1n) is 5.13. The van der Waals surface area contributed by atoms with Crippen molar-refractivity contribution in [1.82, 2.24) is 9.97 Å². The Morgan fingerprint density at radius 3 is 2.87 bits per heavy atom. The number of hydrogen-bond acceptors (Lipinski definition) is 5. The Kier molecular flexibility index (Phi) is 5.47. The van der Waals surface area contributed by atoms with Crippen molar-refractivity contribution in [2.24, 2.45) is 0 Å². The van der Waals surface area contributed by atoms with Gasteiger partial charge in [-0.2, -0.15) is 0 Å². The number of nitrogens with zero attached hydrogens (tertiary/aromatic N) is 2. The van der Waals surface area contributed by atoms with Gasteiger partial charge in [0.15, 0.2) is 0 Å². The highest BCUT2D eigenvalue weighted by Crippen LogP contribution is 2.10. The summed E-state index contributed by atoms with van der Waals surface area (Å²) in [7, 11) is 0. The average molecular weight is 211 g/mol. The topological polar surface area (TPSA) is 56.3 Å². The molecule has 0 saturated carbocycles. The smallest absolute Gasteiger partial charge is 0.218 e. The molecular formula is C10H17N3O2. The normalized spacial score (nSPS) is 10.0. The molecule has 0 aromatic carbocycles. The zero-order valence-electron chi connectivity index (χ0n) is 9.19. The van der Waals surface area contributed by atoms with E-state index in [4.69, 9.17) is 9.47 Å². The largest absolute Gasteiger partial charge is 0.478 e. The Balaban J connectivity index is 2.36. The Morgan fingerprint density at radius 2 is 2.13 bits per heavy atom. The third kappa shape index (κ3) is 4.60. The molecule has 84 valence electrons. The van der Waals surface area contributed by atoms with Gasteiger partial charge in [0.25, 0.3) is 0 Å². The molecule has 0 radical (unpaired) electrons. The number of hydrogen-bond donors (Lipinski definition) is 1. The van der Waals surface area contributed by atoms with E-state index >= 15 is 0 Å². The molecule has 5 heteroatoms. The summed E-state index contributed by atoms with van der Waals surface area (Å²) in [6.07, 6.45) is 1.48. The summed E-state index contributed by atoms with van der Waals surface area (Å²) in [5.74, 6) is 1.35. The lowest BCUT2D eigenvalue weighted by molar-refractivity contribution is 0.158. The van der Waals surface area contributed by atoms with E-state index in [2.05, 4.69) is 15.3 Å². The second-order valence-electron chi connectivity index (χ2n) is 2.80. The van der Waals surface area contributed by atoms with E-state index in [1.54, 1.807) is 6.07 Å². The summed E-state index contributed by atoms with van der Waals surface area (Å²) in [5.41, 5.74) is 0. The van der Waals surface area contributed by atoms with Gasteiger partial charge in [0.2, 0.25) is 5.88 Å². The van der Waals surface area contributed by atoms with Crippen LogP contribution in [0, 0.1) is 0 Å². The molecule has 0 saturated heterocycles. The van der Waals surface area contributed by atoms with Crippen LogP contribution in [0.2, 0.25) is 0 Å². The Hall–Kier alpha value is -1.36. The van der Waals surface area contributed by atoms with Gasteiger partial charge in [0, 0.05) is 19.2 Å². The Bertz CT molecular complexity index is 281. The molecular weight excluding hydrogens is 194 g/mol. The van der Waals surface area contributed by atoms with Crippen molar-refractivity contribution in [1.29, 1.82) is 0 Å². The van der Waals surface area contributed by atoms with Gasteiger partial charge >= 0.3 is 0 Å². The third-order valence-corrected chi connectivity index (χ3v) is 1.69. The lowest BCUT2D eigenvalue weighted by Crippen LogP contribution is -2.10. The molecule has 0 spiro atoms. The summed E-state index contributed by atoms with van der Waals surface area (Å²) in [5, 5.41) is 3.12. The summed E-state index contributed by atoms with van der Waals surface area (Å²) in [6, 6.07) is 1.77. The van der Waals surface area contributed by atoms with Crippen LogP contribution in [0.25, 0.3) is 0 Å². The molecule has 1 aromatic heterocycles. The van der Waals surface area contributed by atoms with E-state index in [1.165, 1.54) is 6.33 Å². The summed E-state index contributed by atoms with van der Waals surface area (Å²) in [4.78, 5) is 8.03. The molecule has 1 N–H and O–H groups in total. The predicted octanol–water partition coefficient (Wildman–Crippen LogP) is 1.32. The van der Waals surface area contributed by atoms with Gasteiger partial charge in [-0.15, -0.1) is 0 Å². The predicted molar refractivity (Wildman–Crippen MR) is 58.2 cm³/mol.